The Hall–Kier alpha value is -3.76. The first-order chi connectivity index (χ1) is 19.0. The summed E-state index contributed by atoms with van der Waals surface area (Å²) in [6.07, 6.45) is 0.259. The molecule has 10 nitrogen and oxygen atoms in total. The number of carbonyl (C=O) groups is 4. The van der Waals surface area contributed by atoms with E-state index in [4.69, 9.17) is 14.2 Å². The van der Waals surface area contributed by atoms with Crippen molar-refractivity contribution in [1.82, 2.24) is 0 Å². The van der Waals surface area contributed by atoms with Gasteiger partial charge in [-0.25, -0.2) is 4.79 Å². The number of rotatable bonds is 6. The van der Waals surface area contributed by atoms with Crippen LogP contribution in [0.1, 0.15) is 45.6 Å². The molecule has 2 fully saturated rings. The van der Waals surface area contributed by atoms with Gasteiger partial charge < -0.3 is 29.7 Å². The lowest BCUT2D eigenvalue weighted by Gasteiger charge is -2.53. The second-order valence-electron chi connectivity index (χ2n) is 11.2. The summed E-state index contributed by atoms with van der Waals surface area (Å²) in [6.45, 7) is 4.46. The number of allylic oxidation sites excluding steroid dienone is 1. The molecule has 1 saturated heterocycles. The number of hydrogen-bond donors (Lipinski definition) is 3. The first-order valence-electron chi connectivity index (χ1n) is 13.3. The number of Topliss-reactive ketones (excluding diaryl/α,β-unsaturated/α-hetero) is 2. The molecule has 1 aromatic rings. The zero-order valence-corrected chi connectivity index (χ0v) is 22.9. The molecule has 1 saturated carbocycles. The van der Waals surface area contributed by atoms with Crippen LogP contribution in [0.5, 0.6) is 0 Å². The zero-order valence-electron chi connectivity index (χ0n) is 22.9. The molecule has 0 radical (unpaired) electrons. The Bertz CT molecular complexity index is 1410. The van der Waals surface area contributed by atoms with Crippen LogP contribution >= 0.6 is 0 Å². The van der Waals surface area contributed by atoms with Gasteiger partial charge in [-0.05, 0) is 25.0 Å². The van der Waals surface area contributed by atoms with Gasteiger partial charge in [0.25, 0.3) is 0 Å². The molecule has 5 atom stereocenters. The van der Waals surface area contributed by atoms with Crippen LogP contribution in [-0.4, -0.2) is 59.6 Å². The molecule has 3 N–H and O–H groups in total. The standard InChI is InChI=1S/C30H33NO9/c1-15(33)39-20-11-29(2)18(9-10-21(29)34)23-25(20)30(3)22(14-38-4)40-28(37)17(24(30)27(36)26(23)35)12-31-19-8-6-5-7-16(19)13-32/h5-8,12,18,20,22,31-32,36H,9-11,13-14H2,1-4H3/b17-12-/t18-,20+,22+,29-,30-/m0/s1. The predicted octanol–water partition coefficient (Wildman–Crippen LogP) is 3.07. The Morgan fingerprint density at radius 1 is 1.23 bits per heavy atom. The van der Waals surface area contributed by atoms with Crippen LogP contribution in [0.15, 0.2) is 58.5 Å². The van der Waals surface area contributed by atoms with E-state index in [0.717, 1.165) is 0 Å². The molecule has 0 amide bonds. The van der Waals surface area contributed by atoms with Gasteiger partial charge in [0.2, 0.25) is 5.78 Å². The topological polar surface area (TPSA) is 148 Å². The van der Waals surface area contributed by atoms with E-state index in [1.165, 1.54) is 20.2 Å². The molecule has 40 heavy (non-hydrogen) atoms. The number of carbonyl (C=O) groups excluding carboxylic acids is 4. The largest absolute Gasteiger partial charge is 0.504 e. The minimum Gasteiger partial charge on any atom is -0.504 e. The molecule has 1 aromatic carbocycles. The minimum absolute atomic E-state index is 0.0238. The second-order valence-corrected chi connectivity index (χ2v) is 11.2. The summed E-state index contributed by atoms with van der Waals surface area (Å²) in [5.74, 6) is -3.20. The molecule has 1 aliphatic heterocycles. The summed E-state index contributed by atoms with van der Waals surface area (Å²) in [6, 6.07) is 6.93. The maximum absolute atomic E-state index is 14.0. The Labute approximate surface area is 231 Å². The third-order valence-corrected chi connectivity index (χ3v) is 8.98. The predicted molar refractivity (Wildman–Crippen MR) is 142 cm³/mol. The van der Waals surface area contributed by atoms with Crippen molar-refractivity contribution in [3.8, 4) is 0 Å². The number of aliphatic hydroxyl groups excluding tert-OH is 2. The van der Waals surface area contributed by atoms with Gasteiger partial charge in [-0.1, -0.05) is 25.1 Å². The fourth-order valence-electron chi connectivity index (χ4n) is 7.05. The third kappa shape index (κ3) is 4.00. The van der Waals surface area contributed by atoms with Crippen molar-refractivity contribution in [3.05, 3.63) is 64.1 Å². The monoisotopic (exact) mass is 551 g/mol. The van der Waals surface area contributed by atoms with Gasteiger partial charge in [0.15, 0.2) is 5.76 Å². The summed E-state index contributed by atoms with van der Waals surface area (Å²) >= 11 is 0. The minimum atomic E-state index is -1.33. The lowest BCUT2D eigenvalue weighted by Crippen LogP contribution is -2.57. The maximum atomic E-state index is 14.0. The first kappa shape index (κ1) is 27.8. The van der Waals surface area contributed by atoms with E-state index in [0.29, 0.717) is 23.2 Å². The van der Waals surface area contributed by atoms with E-state index in [1.807, 2.05) is 0 Å². The van der Waals surface area contributed by atoms with E-state index in [2.05, 4.69) is 5.32 Å². The molecule has 0 spiro atoms. The van der Waals surface area contributed by atoms with Crippen molar-refractivity contribution >= 4 is 29.2 Å². The highest BCUT2D eigenvalue weighted by Crippen LogP contribution is 2.62. The summed E-state index contributed by atoms with van der Waals surface area (Å²) < 4.78 is 17.1. The number of benzene rings is 1. The molecule has 3 aliphatic carbocycles. The normalized spacial score (nSPS) is 32.5. The molecular formula is C30H33NO9. The van der Waals surface area contributed by atoms with Crippen LogP contribution in [0, 0.1) is 16.7 Å². The van der Waals surface area contributed by atoms with Crippen LogP contribution in [0.2, 0.25) is 0 Å². The highest BCUT2D eigenvalue weighted by molar-refractivity contribution is 6.14. The number of anilines is 1. The van der Waals surface area contributed by atoms with E-state index in [1.54, 1.807) is 38.1 Å². The van der Waals surface area contributed by atoms with Crippen molar-refractivity contribution in [2.75, 3.05) is 19.0 Å². The number of para-hydroxylation sites is 1. The average molecular weight is 552 g/mol. The summed E-state index contributed by atoms with van der Waals surface area (Å²) in [5, 5.41) is 24.3. The molecule has 0 unspecified atom stereocenters. The quantitative estimate of drug-likeness (QED) is 0.356. The number of fused-ring (bicyclic) bond motifs is 4. The van der Waals surface area contributed by atoms with Crippen LogP contribution in [0.25, 0.3) is 0 Å². The summed E-state index contributed by atoms with van der Waals surface area (Å²) in [4.78, 5) is 52.7. The molecule has 0 aromatic heterocycles. The van der Waals surface area contributed by atoms with Gasteiger partial charge in [0.1, 0.15) is 18.0 Å². The molecule has 4 aliphatic rings. The zero-order chi connectivity index (χ0) is 29.0. The number of methoxy groups -OCH3 is 1. The molecule has 5 rings (SSSR count). The van der Waals surface area contributed by atoms with Gasteiger partial charge in [0.05, 0.1) is 24.2 Å². The third-order valence-electron chi connectivity index (χ3n) is 8.98. The summed E-state index contributed by atoms with van der Waals surface area (Å²) in [5.41, 5.74) is -0.567. The average Bonchev–Trinajstić information content (AvgIpc) is 3.21. The first-order valence-corrected chi connectivity index (χ1v) is 13.3. The Morgan fingerprint density at radius 3 is 2.62 bits per heavy atom. The number of aliphatic hydroxyl groups is 2. The smallest absolute Gasteiger partial charge is 0.340 e. The lowest BCUT2D eigenvalue weighted by molar-refractivity contribution is -0.160. The van der Waals surface area contributed by atoms with Gasteiger partial charge in [-0.2, -0.15) is 0 Å². The molecule has 1 heterocycles. The molecule has 10 heteroatoms. The molecular weight excluding hydrogens is 518 g/mol. The number of esters is 2. The van der Waals surface area contributed by atoms with E-state index in [-0.39, 0.29) is 48.6 Å². The van der Waals surface area contributed by atoms with Gasteiger partial charge in [0, 0.05) is 66.8 Å². The van der Waals surface area contributed by atoms with Crippen LogP contribution < -0.4 is 5.32 Å². The number of hydrogen-bond acceptors (Lipinski definition) is 10. The lowest BCUT2D eigenvalue weighted by atomic mass is 9.53. The molecule has 212 valence electrons. The number of cyclic esters (lactones) is 1. The maximum Gasteiger partial charge on any atom is 0.340 e. The summed E-state index contributed by atoms with van der Waals surface area (Å²) in [7, 11) is 1.44. The number of ketones is 2. The van der Waals surface area contributed by atoms with Crippen LogP contribution in [0.4, 0.5) is 5.69 Å². The Balaban J connectivity index is 1.73. The number of nitrogens with one attached hydrogen (secondary N) is 1. The fraction of sp³-hybridized carbons (Fsp3) is 0.467. The van der Waals surface area contributed by atoms with Crippen molar-refractivity contribution in [1.29, 1.82) is 0 Å². The fourth-order valence-corrected chi connectivity index (χ4v) is 7.05. The molecule has 0 bridgehead atoms. The van der Waals surface area contributed by atoms with Crippen molar-refractivity contribution < 1.29 is 43.6 Å². The van der Waals surface area contributed by atoms with Crippen LogP contribution in [-0.2, 0) is 40.0 Å². The second kappa shape index (κ2) is 10.0. The SMILES string of the molecule is COC[C@H]1OC(=O)/C(=C\Nc2ccccc2CO)C2=C(O)C(=O)C3=C([C@H](OC(C)=O)C[C@]4(C)C(=O)CC[C@@H]34)[C@]21C. The van der Waals surface area contributed by atoms with Crippen molar-refractivity contribution in [2.45, 2.75) is 58.8 Å². The van der Waals surface area contributed by atoms with Gasteiger partial charge in [-0.3, -0.25) is 14.4 Å². The van der Waals surface area contributed by atoms with Crippen molar-refractivity contribution in [2.24, 2.45) is 16.7 Å². The highest BCUT2D eigenvalue weighted by Gasteiger charge is 2.64. The Kier molecular flexibility index (Phi) is 6.96. The Morgan fingerprint density at radius 2 is 1.95 bits per heavy atom. The van der Waals surface area contributed by atoms with E-state index in [9.17, 15) is 29.4 Å². The number of ether oxygens (including phenoxy) is 3. The van der Waals surface area contributed by atoms with Gasteiger partial charge >= 0.3 is 11.9 Å². The van der Waals surface area contributed by atoms with E-state index >= 15 is 0 Å². The van der Waals surface area contributed by atoms with E-state index < -0.39 is 52.4 Å². The van der Waals surface area contributed by atoms with Crippen LogP contribution in [0.3, 0.4) is 0 Å². The van der Waals surface area contributed by atoms with Gasteiger partial charge in [-0.15, -0.1) is 0 Å². The highest BCUT2D eigenvalue weighted by atomic mass is 16.6. The van der Waals surface area contributed by atoms with Crippen molar-refractivity contribution in [3.63, 3.8) is 0 Å².